The van der Waals surface area contributed by atoms with Gasteiger partial charge in [-0.2, -0.15) is 0 Å². The van der Waals surface area contributed by atoms with Crippen LogP contribution in [0.1, 0.15) is 30.5 Å². The van der Waals surface area contributed by atoms with Gasteiger partial charge in [-0.15, -0.1) is 0 Å². The number of carbonyl (C=O) groups is 2. The maximum atomic E-state index is 12.4. The van der Waals surface area contributed by atoms with E-state index in [1.807, 2.05) is 48.5 Å². The molecule has 3 rings (SSSR count). The summed E-state index contributed by atoms with van der Waals surface area (Å²) in [5.74, 6) is -0.248. The van der Waals surface area contributed by atoms with Crippen LogP contribution < -0.4 is 10.6 Å². The van der Waals surface area contributed by atoms with Crippen molar-refractivity contribution in [3.8, 4) is 0 Å². The lowest BCUT2D eigenvalue weighted by atomic mass is 10.0. The van der Waals surface area contributed by atoms with Gasteiger partial charge >= 0.3 is 0 Å². The van der Waals surface area contributed by atoms with Crippen molar-refractivity contribution < 1.29 is 9.59 Å². The molecule has 0 radical (unpaired) electrons. The molecule has 0 heterocycles. The van der Waals surface area contributed by atoms with Crippen molar-refractivity contribution >= 4 is 22.6 Å². The van der Waals surface area contributed by atoms with Gasteiger partial charge < -0.3 is 10.6 Å². The van der Waals surface area contributed by atoms with Gasteiger partial charge in [0.1, 0.15) is 0 Å². The Morgan fingerprint density at radius 1 is 0.885 bits per heavy atom. The van der Waals surface area contributed by atoms with Crippen LogP contribution in [-0.2, 0) is 16.1 Å². The molecule has 0 aromatic heterocycles. The van der Waals surface area contributed by atoms with Crippen molar-refractivity contribution in [3.05, 3.63) is 83.9 Å². The Labute approximate surface area is 153 Å². The SMILES string of the molecule is CC(=O)NC(CC(=O)NCc1ccc2ccccc2c1)c1ccccc1. The predicted molar refractivity (Wildman–Crippen MR) is 103 cm³/mol. The molecule has 1 atom stereocenters. The lowest BCUT2D eigenvalue weighted by Crippen LogP contribution is -2.32. The van der Waals surface area contributed by atoms with Crippen LogP contribution in [0.15, 0.2) is 72.8 Å². The molecule has 0 aliphatic heterocycles. The van der Waals surface area contributed by atoms with Gasteiger partial charge in [-0.3, -0.25) is 9.59 Å². The fraction of sp³-hybridized carbons (Fsp3) is 0.182. The maximum Gasteiger partial charge on any atom is 0.222 e. The summed E-state index contributed by atoms with van der Waals surface area (Å²) >= 11 is 0. The molecule has 4 heteroatoms. The molecule has 0 saturated carbocycles. The zero-order valence-electron chi connectivity index (χ0n) is 14.7. The second-order valence-electron chi connectivity index (χ2n) is 6.33. The van der Waals surface area contributed by atoms with Crippen molar-refractivity contribution in [2.24, 2.45) is 0 Å². The van der Waals surface area contributed by atoms with Crippen LogP contribution >= 0.6 is 0 Å². The van der Waals surface area contributed by atoms with E-state index in [0.717, 1.165) is 16.5 Å². The molecular formula is C22H22N2O2. The van der Waals surface area contributed by atoms with Crippen molar-refractivity contribution in [1.82, 2.24) is 10.6 Å². The first-order valence-corrected chi connectivity index (χ1v) is 8.68. The first kappa shape index (κ1) is 17.7. The zero-order chi connectivity index (χ0) is 18.4. The fourth-order valence-corrected chi connectivity index (χ4v) is 2.99. The van der Waals surface area contributed by atoms with Gasteiger partial charge in [-0.05, 0) is 28.0 Å². The summed E-state index contributed by atoms with van der Waals surface area (Å²) in [5.41, 5.74) is 1.97. The highest BCUT2D eigenvalue weighted by molar-refractivity contribution is 5.83. The molecule has 4 nitrogen and oxygen atoms in total. The summed E-state index contributed by atoms with van der Waals surface area (Å²) in [5, 5.41) is 8.13. The number of hydrogen-bond acceptors (Lipinski definition) is 2. The largest absolute Gasteiger partial charge is 0.352 e. The average Bonchev–Trinajstić information content (AvgIpc) is 2.66. The second-order valence-corrected chi connectivity index (χ2v) is 6.33. The molecule has 2 N–H and O–H groups in total. The summed E-state index contributed by atoms with van der Waals surface area (Å²) in [6.45, 7) is 1.92. The lowest BCUT2D eigenvalue weighted by Gasteiger charge is -2.18. The van der Waals surface area contributed by atoms with E-state index in [1.54, 1.807) is 0 Å². The van der Waals surface area contributed by atoms with Crippen LogP contribution in [-0.4, -0.2) is 11.8 Å². The Morgan fingerprint density at radius 3 is 2.31 bits per heavy atom. The van der Waals surface area contributed by atoms with Crippen LogP contribution in [0.5, 0.6) is 0 Å². The van der Waals surface area contributed by atoms with E-state index < -0.39 is 0 Å². The molecule has 0 aliphatic carbocycles. The molecular weight excluding hydrogens is 324 g/mol. The molecule has 0 bridgehead atoms. The van der Waals surface area contributed by atoms with Gasteiger partial charge in [0, 0.05) is 13.5 Å². The van der Waals surface area contributed by atoms with Gasteiger partial charge in [-0.25, -0.2) is 0 Å². The summed E-state index contributed by atoms with van der Waals surface area (Å²) in [6.07, 6.45) is 0.206. The van der Waals surface area contributed by atoms with Crippen LogP contribution in [0.2, 0.25) is 0 Å². The number of hydrogen-bond donors (Lipinski definition) is 2. The van der Waals surface area contributed by atoms with E-state index in [9.17, 15) is 9.59 Å². The molecule has 3 aromatic carbocycles. The second kappa shape index (κ2) is 8.30. The van der Waals surface area contributed by atoms with Gasteiger partial charge in [0.25, 0.3) is 0 Å². The third-order valence-electron chi connectivity index (χ3n) is 4.27. The number of amides is 2. The normalized spacial score (nSPS) is 11.7. The van der Waals surface area contributed by atoms with E-state index in [1.165, 1.54) is 12.3 Å². The Morgan fingerprint density at radius 2 is 1.58 bits per heavy atom. The summed E-state index contributed by atoms with van der Waals surface area (Å²) in [4.78, 5) is 23.9. The zero-order valence-corrected chi connectivity index (χ0v) is 14.7. The smallest absolute Gasteiger partial charge is 0.222 e. The highest BCUT2D eigenvalue weighted by Crippen LogP contribution is 2.18. The van der Waals surface area contributed by atoms with Gasteiger partial charge in [0.05, 0.1) is 12.5 Å². The monoisotopic (exact) mass is 346 g/mol. The highest BCUT2D eigenvalue weighted by atomic mass is 16.2. The fourth-order valence-electron chi connectivity index (χ4n) is 2.99. The Kier molecular flexibility index (Phi) is 5.64. The van der Waals surface area contributed by atoms with E-state index in [4.69, 9.17) is 0 Å². The van der Waals surface area contributed by atoms with Gasteiger partial charge in [0.15, 0.2) is 0 Å². The summed E-state index contributed by atoms with van der Waals surface area (Å²) in [6, 6.07) is 23.5. The van der Waals surface area contributed by atoms with E-state index >= 15 is 0 Å². The minimum absolute atomic E-state index is 0.0965. The third-order valence-corrected chi connectivity index (χ3v) is 4.27. The Bertz CT molecular complexity index is 906. The topological polar surface area (TPSA) is 58.2 Å². The van der Waals surface area contributed by atoms with Gasteiger partial charge in [0.2, 0.25) is 11.8 Å². The molecule has 1 unspecified atom stereocenters. The van der Waals surface area contributed by atoms with Crippen LogP contribution in [0, 0.1) is 0 Å². The molecule has 3 aromatic rings. The summed E-state index contributed by atoms with van der Waals surface area (Å²) in [7, 11) is 0. The van der Waals surface area contributed by atoms with E-state index in [-0.39, 0.29) is 24.3 Å². The predicted octanol–water partition coefficient (Wildman–Crippen LogP) is 3.72. The number of rotatable bonds is 6. The molecule has 2 amide bonds. The number of carbonyl (C=O) groups excluding carboxylic acids is 2. The maximum absolute atomic E-state index is 12.4. The van der Waals surface area contributed by atoms with Crippen LogP contribution in [0.3, 0.4) is 0 Å². The average molecular weight is 346 g/mol. The number of benzene rings is 3. The third kappa shape index (κ3) is 4.70. The quantitative estimate of drug-likeness (QED) is 0.715. The number of nitrogens with one attached hydrogen (secondary N) is 2. The molecule has 132 valence electrons. The van der Waals surface area contributed by atoms with Crippen LogP contribution in [0.25, 0.3) is 10.8 Å². The first-order valence-electron chi connectivity index (χ1n) is 8.68. The van der Waals surface area contributed by atoms with Crippen molar-refractivity contribution in [1.29, 1.82) is 0 Å². The van der Waals surface area contributed by atoms with E-state index in [0.29, 0.717) is 6.54 Å². The standard InChI is InChI=1S/C22H22N2O2/c1-16(25)24-21(19-8-3-2-4-9-19)14-22(26)23-15-17-11-12-18-7-5-6-10-20(18)13-17/h2-13,21H,14-15H2,1H3,(H,23,26)(H,24,25). The first-order chi connectivity index (χ1) is 12.6. The van der Waals surface area contributed by atoms with Crippen molar-refractivity contribution in [2.45, 2.75) is 25.9 Å². The Hall–Kier alpha value is -3.14. The molecule has 0 saturated heterocycles. The minimum Gasteiger partial charge on any atom is -0.352 e. The molecule has 0 aliphatic rings. The number of fused-ring (bicyclic) bond motifs is 1. The molecule has 0 fully saturated rings. The van der Waals surface area contributed by atoms with Crippen molar-refractivity contribution in [2.75, 3.05) is 0 Å². The summed E-state index contributed by atoms with van der Waals surface area (Å²) < 4.78 is 0. The van der Waals surface area contributed by atoms with Crippen LogP contribution in [0.4, 0.5) is 0 Å². The highest BCUT2D eigenvalue weighted by Gasteiger charge is 2.16. The molecule has 26 heavy (non-hydrogen) atoms. The van der Waals surface area contributed by atoms with E-state index in [2.05, 4.69) is 34.9 Å². The molecule has 0 spiro atoms. The van der Waals surface area contributed by atoms with Crippen molar-refractivity contribution in [3.63, 3.8) is 0 Å². The Balaban J connectivity index is 1.63. The van der Waals surface area contributed by atoms with Gasteiger partial charge in [-0.1, -0.05) is 66.7 Å². The minimum atomic E-state index is -0.328. The lowest BCUT2D eigenvalue weighted by molar-refractivity contribution is -0.122.